The lowest BCUT2D eigenvalue weighted by Gasteiger charge is -2.38. The molecule has 316 valence electrons. The van der Waals surface area contributed by atoms with E-state index in [4.69, 9.17) is 27.9 Å². The van der Waals surface area contributed by atoms with E-state index in [9.17, 15) is 0 Å². The van der Waals surface area contributed by atoms with Gasteiger partial charge in [-0.05, 0) is 102 Å². The van der Waals surface area contributed by atoms with Gasteiger partial charge >= 0.3 is 21.4 Å². The lowest BCUT2D eigenvalue weighted by Crippen LogP contribution is -2.51. The number of fused-ring (bicyclic) bond motifs is 1. The summed E-state index contributed by atoms with van der Waals surface area (Å²) in [6.45, 7) is 32.5. The predicted molar refractivity (Wildman–Crippen MR) is 249 cm³/mol. The first-order valence-electron chi connectivity index (χ1n) is 21.7. The third-order valence-corrected chi connectivity index (χ3v) is 10.1. The van der Waals surface area contributed by atoms with Gasteiger partial charge < -0.3 is 27.9 Å². The van der Waals surface area contributed by atoms with Crippen LogP contribution in [0.2, 0.25) is 0 Å². The van der Waals surface area contributed by atoms with Crippen LogP contribution < -0.4 is 25.7 Å². The molecule has 3 heterocycles. The van der Waals surface area contributed by atoms with E-state index in [-0.39, 0.29) is 38.5 Å². The standard InChI is InChI=1S/C17H19BO2.C17H27BO2.C16H25BO2/c1-17(2,3)12-13-8-10-14(11-9-13)18-19-15-6-4-5-7-16(15)20-18;1-13-11-17(5,6)20-18(19-13)15-9-7-14(8-10-15)12-16(2,3)4;1-15(2,3)10-13-6-8-14(9-7-13)17-18-11-16(4,5)12-19-17/h4-11H,12H2,1-3H3;7-10,13H,11-12H2,1-6H3;6-9H,10-12H2,1-5H3. The third kappa shape index (κ3) is 15.5. The molecule has 2 fully saturated rings. The lowest BCUT2D eigenvalue weighted by atomic mass is 9.74. The fraction of sp³-hybridized carbons (Fsp3) is 0.520. The van der Waals surface area contributed by atoms with Crippen LogP contribution in [-0.2, 0) is 37.9 Å². The highest BCUT2D eigenvalue weighted by molar-refractivity contribution is 6.63. The molecule has 0 N–H and O–H groups in total. The Bertz CT molecular complexity index is 1870. The second-order valence-electron chi connectivity index (χ2n) is 21.9. The summed E-state index contributed by atoms with van der Waals surface area (Å²) in [5.41, 5.74) is 8.31. The first kappa shape index (κ1) is 46.6. The van der Waals surface area contributed by atoms with E-state index in [2.05, 4.69) is 170 Å². The zero-order chi connectivity index (χ0) is 43.2. The smallest absolute Gasteiger partial charge is 0.519 e. The second-order valence-corrected chi connectivity index (χ2v) is 21.9. The van der Waals surface area contributed by atoms with Crippen LogP contribution in [-0.4, -0.2) is 46.3 Å². The van der Waals surface area contributed by atoms with E-state index in [1.54, 1.807) is 0 Å². The summed E-state index contributed by atoms with van der Waals surface area (Å²) in [6.07, 6.45) is 4.41. The van der Waals surface area contributed by atoms with E-state index in [1.807, 2.05) is 24.3 Å². The Morgan fingerprint density at radius 3 is 1.22 bits per heavy atom. The van der Waals surface area contributed by atoms with E-state index in [0.29, 0.717) is 16.2 Å². The molecule has 3 aliphatic heterocycles. The maximum absolute atomic E-state index is 6.05. The van der Waals surface area contributed by atoms with Crippen molar-refractivity contribution in [2.75, 3.05) is 13.2 Å². The van der Waals surface area contributed by atoms with Crippen LogP contribution in [0.15, 0.2) is 97.1 Å². The van der Waals surface area contributed by atoms with Crippen LogP contribution in [0.4, 0.5) is 0 Å². The van der Waals surface area contributed by atoms with Gasteiger partial charge in [-0.3, -0.25) is 0 Å². The molecule has 3 aliphatic rings. The van der Waals surface area contributed by atoms with Gasteiger partial charge in [0.05, 0.1) is 5.60 Å². The normalized spacial score (nSPS) is 18.7. The van der Waals surface area contributed by atoms with Gasteiger partial charge in [-0.2, -0.15) is 0 Å². The molecule has 59 heavy (non-hydrogen) atoms. The molecule has 9 heteroatoms. The largest absolute Gasteiger partial charge is 0.632 e. The topological polar surface area (TPSA) is 55.4 Å². The third-order valence-electron chi connectivity index (χ3n) is 10.1. The maximum atomic E-state index is 6.05. The van der Waals surface area contributed by atoms with Crippen LogP contribution in [0, 0.1) is 21.7 Å². The van der Waals surface area contributed by atoms with Crippen molar-refractivity contribution in [2.45, 2.75) is 134 Å². The Kier molecular flexibility index (Phi) is 15.0. The molecular formula is C50H71B3O6. The van der Waals surface area contributed by atoms with Crippen molar-refractivity contribution in [3.8, 4) is 11.5 Å². The van der Waals surface area contributed by atoms with E-state index in [0.717, 1.165) is 66.8 Å². The Hall–Kier alpha value is -3.49. The summed E-state index contributed by atoms with van der Waals surface area (Å²) >= 11 is 0. The monoisotopic (exact) mass is 801 g/mol. The fourth-order valence-electron chi connectivity index (χ4n) is 7.60. The van der Waals surface area contributed by atoms with Gasteiger partial charge in [0.1, 0.15) is 11.5 Å². The highest BCUT2D eigenvalue weighted by atomic mass is 16.6. The van der Waals surface area contributed by atoms with Gasteiger partial charge in [0.2, 0.25) is 0 Å². The van der Waals surface area contributed by atoms with Crippen molar-refractivity contribution in [3.63, 3.8) is 0 Å². The van der Waals surface area contributed by atoms with Gasteiger partial charge in [-0.25, -0.2) is 0 Å². The highest BCUT2D eigenvalue weighted by Crippen LogP contribution is 2.33. The predicted octanol–water partition coefficient (Wildman–Crippen LogP) is 10.1. The quantitative estimate of drug-likeness (QED) is 0.181. The van der Waals surface area contributed by atoms with Crippen molar-refractivity contribution in [2.24, 2.45) is 21.7 Å². The average Bonchev–Trinajstić information content (AvgIpc) is 3.55. The number of hydrogen-bond acceptors (Lipinski definition) is 6. The minimum Gasteiger partial charge on any atom is -0.519 e. The molecule has 0 spiro atoms. The second kappa shape index (κ2) is 19.1. The van der Waals surface area contributed by atoms with Crippen LogP contribution in [0.1, 0.15) is 120 Å². The summed E-state index contributed by atoms with van der Waals surface area (Å²) < 4.78 is 35.2. The van der Waals surface area contributed by atoms with Gasteiger partial charge in [0.15, 0.2) is 0 Å². The summed E-state index contributed by atoms with van der Waals surface area (Å²) in [4.78, 5) is 0. The summed E-state index contributed by atoms with van der Waals surface area (Å²) in [6, 6.07) is 33.6. The highest BCUT2D eigenvalue weighted by Gasteiger charge is 2.38. The van der Waals surface area contributed by atoms with Crippen LogP contribution in [0.3, 0.4) is 0 Å². The molecule has 0 aliphatic carbocycles. The zero-order valence-corrected chi connectivity index (χ0v) is 38.7. The Morgan fingerprint density at radius 2 is 0.864 bits per heavy atom. The van der Waals surface area contributed by atoms with E-state index in [1.165, 1.54) is 16.7 Å². The Morgan fingerprint density at radius 1 is 0.508 bits per heavy atom. The number of para-hydroxylation sites is 2. The van der Waals surface area contributed by atoms with Crippen molar-refractivity contribution in [3.05, 3.63) is 114 Å². The number of hydrogen-bond donors (Lipinski definition) is 0. The summed E-state index contributed by atoms with van der Waals surface area (Å²) in [5, 5.41) is 0. The van der Waals surface area contributed by atoms with Crippen molar-refractivity contribution >= 4 is 37.7 Å². The Labute approximate surface area is 358 Å². The minimum absolute atomic E-state index is 0.119. The van der Waals surface area contributed by atoms with Gasteiger partial charge in [0, 0.05) is 30.2 Å². The van der Waals surface area contributed by atoms with Crippen molar-refractivity contribution < 1.29 is 27.9 Å². The summed E-state index contributed by atoms with van der Waals surface area (Å²) in [5.74, 6) is 1.63. The SMILES string of the molecule is CC(C)(C)Cc1ccc(B2OCC(C)(C)CO2)cc1.CC(C)(C)Cc1ccc(B2Oc3ccccc3O2)cc1.CC1CC(C)(C)OB(c2ccc(CC(C)(C)C)cc2)O1. The van der Waals surface area contributed by atoms with Crippen molar-refractivity contribution in [1.82, 2.24) is 0 Å². The zero-order valence-electron chi connectivity index (χ0n) is 38.7. The summed E-state index contributed by atoms with van der Waals surface area (Å²) in [7, 11) is -0.759. The van der Waals surface area contributed by atoms with E-state index >= 15 is 0 Å². The minimum atomic E-state index is -0.323. The molecule has 4 aromatic rings. The molecule has 0 radical (unpaired) electrons. The molecule has 4 aromatic carbocycles. The van der Waals surface area contributed by atoms with Gasteiger partial charge in [-0.15, -0.1) is 0 Å². The van der Waals surface area contributed by atoms with Crippen LogP contribution in [0.25, 0.3) is 0 Å². The first-order chi connectivity index (χ1) is 27.4. The molecule has 1 atom stereocenters. The molecule has 6 nitrogen and oxygen atoms in total. The lowest BCUT2D eigenvalue weighted by molar-refractivity contribution is -0.0229. The Balaban J connectivity index is 0.000000168. The molecule has 0 bridgehead atoms. The molecule has 0 aromatic heterocycles. The fourth-order valence-corrected chi connectivity index (χ4v) is 7.60. The first-order valence-corrected chi connectivity index (χ1v) is 21.7. The maximum Gasteiger partial charge on any atom is 0.632 e. The number of rotatable bonds is 6. The van der Waals surface area contributed by atoms with Crippen molar-refractivity contribution in [1.29, 1.82) is 0 Å². The molecular weight excluding hydrogens is 729 g/mol. The molecule has 2 saturated heterocycles. The van der Waals surface area contributed by atoms with Gasteiger partial charge in [0.25, 0.3) is 0 Å². The van der Waals surface area contributed by atoms with Gasteiger partial charge in [-0.1, -0.05) is 161 Å². The molecule has 0 amide bonds. The molecule has 0 saturated carbocycles. The average molecular weight is 801 g/mol. The molecule has 7 rings (SSSR count). The van der Waals surface area contributed by atoms with Crippen LogP contribution in [0.5, 0.6) is 11.5 Å². The van der Waals surface area contributed by atoms with E-state index < -0.39 is 0 Å². The number of benzene rings is 4. The molecule has 1 unspecified atom stereocenters. The van der Waals surface area contributed by atoms with Crippen LogP contribution >= 0.6 is 0 Å².